The van der Waals surface area contributed by atoms with Gasteiger partial charge in [0, 0.05) is 12.7 Å². The van der Waals surface area contributed by atoms with Crippen LogP contribution in [0.25, 0.3) is 0 Å². The zero-order valence-electron chi connectivity index (χ0n) is 9.27. The van der Waals surface area contributed by atoms with Gasteiger partial charge in [-0.15, -0.1) is 0 Å². The fourth-order valence-electron chi connectivity index (χ4n) is 2.01. The molecule has 1 unspecified atom stereocenters. The predicted octanol–water partition coefficient (Wildman–Crippen LogP) is 1.74. The van der Waals surface area contributed by atoms with Crippen molar-refractivity contribution >= 4 is 5.91 Å². The van der Waals surface area contributed by atoms with Crippen LogP contribution in [0.5, 0.6) is 0 Å². The number of piperidine rings is 1. The number of rotatable bonds is 1. The third-order valence-electron chi connectivity index (χ3n) is 2.90. The molecule has 17 heavy (non-hydrogen) atoms. The first kappa shape index (κ1) is 11.5. The van der Waals surface area contributed by atoms with Gasteiger partial charge < -0.3 is 4.90 Å². The highest BCUT2D eigenvalue weighted by Gasteiger charge is 2.28. The minimum absolute atomic E-state index is 0.0605. The molecule has 2 rings (SSSR count). The van der Waals surface area contributed by atoms with Crippen molar-refractivity contribution < 1.29 is 9.18 Å². The summed E-state index contributed by atoms with van der Waals surface area (Å²) in [6.07, 6.45) is 3.73. The van der Waals surface area contributed by atoms with Crippen molar-refractivity contribution in [1.82, 2.24) is 9.88 Å². The van der Waals surface area contributed by atoms with Crippen LogP contribution in [0.1, 0.15) is 29.6 Å². The van der Waals surface area contributed by atoms with Gasteiger partial charge in [0.2, 0.25) is 5.95 Å². The second-order valence-electron chi connectivity index (χ2n) is 3.98. The Morgan fingerprint density at radius 3 is 3.12 bits per heavy atom. The van der Waals surface area contributed by atoms with E-state index in [4.69, 9.17) is 5.26 Å². The van der Waals surface area contributed by atoms with Gasteiger partial charge in [0.15, 0.2) is 0 Å². The lowest BCUT2D eigenvalue weighted by molar-refractivity contribution is 0.0664. The molecule has 88 valence electrons. The molecule has 0 radical (unpaired) electrons. The van der Waals surface area contributed by atoms with Crippen LogP contribution < -0.4 is 0 Å². The van der Waals surface area contributed by atoms with Gasteiger partial charge >= 0.3 is 0 Å². The smallest absolute Gasteiger partial charge is 0.259 e. The van der Waals surface area contributed by atoms with Crippen molar-refractivity contribution in [2.75, 3.05) is 6.54 Å². The van der Waals surface area contributed by atoms with Gasteiger partial charge in [0.1, 0.15) is 6.04 Å². The molecule has 1 aromatic heterocycles. The highest BCUT2D eigenvalue weighted by atomic mass is 19.1. The molecule has 0 aliphatic carbocycles. The number of nitrogens with zero attached hydrogens (tertiary/aromatic N) is 3. The van der Waals surface area contributed by atoms with E-state index in [1.165, 1.54) is 23.2 Å². The zero-order chi connectivity index (χ0) is 12.3. The molecule has 1 fully saturated rings. The highest BCUT2D eigenvalue weighted by molar-refractivity contribution is 5.94. The van der Waals surface area contributed by atoms with Gasteiger partial charge in [0.25, 0.3) is 5.91 Å². The molecule has 0 aromatic carbocycles. The molecule has 1 aliphatic rings. The van der Waals surface area contributed by atoms with E-state index < -0.39 is 17.9 Å². The topological polar surface area (TPSA) is 57.0 Å². The Bertz CT molecular complexity index is 469. The maximum atomic E-state index is 13.4. The maximum Gasteiger partial charge on any atom is 0.259 e. The molecule has 1 saturated heterocycles. The molecule has 1 aliphatic heterocycles. The Hall–Kier alpha value is -1.96. The molecule has 1 atom stereocenters. The lowest BCUT2D eigenvalue weighted by Crippen LogP contribution is -2.43. The first-order chi connectivity index (χ1) is 8.24. The Kier molecular flexibility index (Phi) is 3.33. The number of carbonyl (C=O) groups is 1. The summed E-state index contributed by atoms with van der Waals surface area (Å²) in [5, 5.41) is 8.97. The van der Waals surface area contributed by atoms with Crippen molar-refractivity contribution in [2.45, 2.75) is 25.3 Å². The van der Waals surface area contributed by atoms with Crippen LogP contribution in [-0.2, 0) is 0 Å². The van der Waals surface area contributed by atoms with E-state index >= 15 is 0 Å². The van der Waals surface area contributed by atoms with Crippen LogP contribution in [0.4, 0.5) is 4.39 Å². The fraction of sp³-hybridized carbons (Fsp3) is 0.417. The molecule has 0 bridgehead atoms. The van der Waals surface area contributed by atoms with Crippen molar-refractivity contribution in [3.8, 4) is 6.07 Å². The van der Waals surface area contributed by atoms with Crippen molar-refractivity contribution in [2.24, 2.45) is 0 Å². The standard InChI is InChI=1S/C12H12FN3O/c13-11-10(5-3-6-15-11)12(17)16-7-2-1-4-9(16)8-14/h3,5-6,9H,1-2,4,7H2. The Morgan fingerprint density at radius 2 is 2.41 bits per heavy atom. The van der Waals surface area contributed by atoms with Crippen LogP contribution >= 0.6 is 0 Å². The third kappa shape index (κ3) is 2.26. The molecule has 4 nitrogen and oxygen atoms in total. The summed E-state index contributed by atoms with van der Waals surface area (Å²) in [4.78, 5) is 17.0. The summed E-state index contributed by atoms with van der Waals surface area (Å²) in [6, 6.07) is 4.55. The molecular weight excluding hydrogens is 221 g/mol. The minimum Gasteiger partial charge on any atom is -0.322 e. The van der Waals surface area contributed by atoms with E-state index in [-0.39, 0.29) is 5.56 Å². The number of hydrogen-bond acceptors (Lipinski definition) is 3. The van der Waals surface area contributed by atoms with Crippen molar-refractivity contribution in [1.29, 1.82) is 5.26 Å². The Morgan fingerprint density at radius 1 is 1.59 bits per heavy atom. The number of likely N-dealkylation sites (tertiary alicyclic amines) is 1. The second kappa shape index (κ2) is 4.91. The monoisotopic (exact) mass is 233 g/mol. The number of amides is 1. The fourth-order valence-corrected chi connectivity index (χ4v) is 2.01. The van der Waals surface area contributed by atoms with Gasteiger partial charge in [-0.05, 0) is 31.4 Å². The Labute approximate surface area is 98.7 Å². The SMILES string of the molecule is N#CC1CCCCN1C(=O)c1cccnc1F. The number of halogens is 1. The first-order valence-electron chi connectivity index (χ1n) is 5.55. The van der Waals surface area contributed by atoms with Gasteiger partial charge in [-0.2, -0.15) is 9.65 Å². The number of aromatic nitrogens is 1. The lowest BCUT2D eigenvalue weighted by Gasteiger charge is -2.31. The van der Waals surface area contributed by atoms with Gasteiger partial charge in [0.05, 0.1) is 11.6 Å². The highest BCUT2D eigenvalue weighted by Crippen LogP contribution is 2.19. The molecule has 1 aromatic rings. The lowest BCUT2D eigenvalue weighted by atomic mass is 10.0. The maximum absolute atomic E-state index is 13.4. The number of nitriles is 1. The summed E-state index contributed by atoms with van der Waals surface area (Å²) < 4.78 is 13.4. The van der Waals surface area contributed by atoms with Crippen LogP contribution in [0.3, 0.4) is 0 Å². The number of hydrogen-bond donors (Lipinski definition) is 0. The Balaban J connectivity index is 2.25. The number of pyridine rings is 1. The number of carbonyl (C=O) groups excluding carboxylic acids is 1. The van der Waals surface area contributed by atoms with Gasteiger partial charge in [-0.1, -0.05) is 0 Å². The van der Waals surface area contributed by atoms with E-state index in [9.17, 15) is 9.18 Å². The molecule has 0 saturated carbocycles. The molecule has 0 N–H and O–H groups in total. The van der Waals surface area contributed by atoms with Crippen molar-refractivity contribution in [3.63, 3.8) is 0 Å². The van der Waals surface area contributed by atoms with Gasteiger partial charge in [-0.3, -0.25) is 4.79 Å². The molecule has 2 heterocycles. The van der Waals surface area contributed by atoms with Gasteiger partial charge in [-0.25, -0.2) is 4.98 Å². The molecule has 5 heteroatoms. The average Bonchev–Trinajstić information content (AvgIpc) is 2.38. The average molecular weight is 233 g/mol. The summed E-state index contributed by atoms with van der Waals surface area (Å²) in [6.45, 7) is 0.505. The normalized spacial score (nSPS) is 19.8. The van der Waals surface area contributed by atoms with Crippen LogP contribution in [-0.4, -0.2) is 28.4 Å². The van der Waals surface area contributed by atoms with Crippen LogP contribution in [0.2, 0.25) is 0 Å². The van der Waals surface area contributed by atoms with Crippen LogP contribution in [0, 0.1) is 17.3 Å². The predicted molar refractivity (Wildman–Crippen MR) is 58.5 cm³/mol. The summed E-state index contributed by atoms with van der Waals surface area (Å²) in [7, 11) is 0. The second-order valence-corrected chi connectivity index (χ2v) is 3.98. The van der Waals surface area contributed by atoms with E-state index in [1.54, 1.807) is 0 Å². The molecular formula is C12H12FN3O. The van der Waals surface area contributed by atoms with E-state index in [2.05, 4.69) is 11.1 Å². The van der Waals surface area contributed by atoms with Crippen LogP contribution in [0.15, 0.2) is 18.3 Å². The quantitative estimate of drug-likeness (QED) is 0.694. The summed E-state index contributed by atoms with van der Waals surface area (Å²) in [5.74, 6) is -1.22. The molecule has 0 spiro atoms. The van der Waals surface area contributed by atoms with E-state index in [1.807, 2.05) is 0 Å². The summed E-state index contributed by atoms with van der Waals surface area (Å²) >= 11 is 0. The third-order valence-corrected chi connectivity index (χ3v) is 2.90. The van der Waals surface area contributed by atoms with E-state index in [0.29, 0.717) is 13.0 Å². The first-order valence-corrected chi connectivity index (χ1v) is 5.55. The summed E-state index contributed by atoms with van der Waals surface area (Å²) in [5.41, 5.74) is -0.0605. The zero-order valence-corrected chi connectivity index (χ0v) is 9.27. The largest absolute Gasteiger partial charge is 0.322 e. The van der Waals surface area contributed by atoms with Crippen molar-refractivity contribution in [3.05, 3.63) is 29.8 Å². The van der Waals surface area contributed by atoms with E-state index in [0.717, 1.165) is 12.8 Å². The molecule has 1 amide bonds. The minimum atomic E-state index is -0.778.